The van der Waals surface area contributed by atoms with Gasteiger partial charge >= 0.3 is 5.97 Å². The first-order valence-corrected chi connectivity index (χ1v) is 4.92. The Bertz CT molecular complexity index is 238. The molecule has 4 heteroatoms. The molecule has 0 radical (unpaired) electrons. The van der Waals surface area contributed by atoms with Crippen molar-refractivity contribution in [2.75, 3.05) is 6.61 Å². The smallest absolute Gasteiger partial charge is 0.326 e. The van der Waals surface area contributed by atoms with Crippen LogP contribution in [0, 0.1) is 0 Å². The minimum atomic E-state index is -0.905. The highest BCUT2D eigenvalue weighted by Gasteiger charge is 2.50. The van der Waals surface area contributed by atoms with Gasteiger partial charge in [-0.3, -0.25) is 10.1 Å². The van der Waals surface area contributed by atoms with Gasteiger partial charge in [0.1, 0.15) is 5.54 Å². The van der Waals surface area contributed by atoms with Crippen LogP contribution in [0.5, 0.6) is 0 Å². The van der Waals surface area contributed by atoms with Crippen LogP contribution >= 0.6 is 0 Å². The molecule has 2 N–H and O–H groups in total. The third kappa shape index (κ3) is 2.25. The Morgan fingerprint density at radius 2 is 2.07 bits per heavy atom. The first-order valence-electron chi connectivity index (χ1n) is 4.92. The van der Waals surface area contributed by atoms with Gasteiger partial charge in [0.05, 0.1) is 12.2 Å². The number of nitrogens with one attached hydrogen (secondary N) is 1. The van der Waals surface area contributed by atoms with E-state index < -0.39 is 11.5 Å². The lowest BCUT2D eigenvalue weighted by Crippen LogP contribution is -2.55. The highest BCUT2D eigenvalue weighted by atomic mass is 16.5. The number of carbonyl (C=O) groups is 1. The maximum Gasteiger partial charge on any atom is 0.326 e. The Hall–Kier alpha value is -0.610. The number of carboxylic acids is 1. The number of hydrogen-bond acceptors (Lipinski definition) is 3. The van der Waals surface area contributed by atoms with E-state index in [0.29, 0.717) is 6.42 Å². The molecule has 1 unspecified atom stereocenters. The van der Waals surface area contributed by atoms with Crippen LogP contribution in [-0.4, -0.2) is 34.9 Å². The van der Waals surface area contributed by atoms with E-state index in [1.165, 1.54) is 0 Å². The van der Waals surface area contributed by atoms with Crippen LogP contribution in [0.2, 0.25) is 0 Å². The lowest BCUT2D eigenvalue weighted by Gasteiger charge is -2.27. The molecule has 0 amide bonds. The van der Waals surface area contributed by atoms with E-state index in [1.54, 1.807) is 0 Å². The van der Waals surface area contributed by atoms with Gasteiger partial charge in [0.25, 0.3) is 0 Å². The molecule has 1 saturated heterocycles. The summed E-state index contributed by atoms with van der Waals surface area (Å²) in [4.78, 5) is 11.2. The standard InChI is InChI=1S/C10H19NO3/c1-7(2)11-10(8(12)13)5-9(3,4)14-6-10/h7,11H,5-6H2,1-4H3,(H,12,13). The maximum absolute atomic E-state index is 11.2. The van der Waals surface area contributed by atoms with Gasteiger partial charge < -0.3 is 9.84 Å². The lowest BCUT2D eigenvalue weighted by atomic mass is 9.90. The van der Waals surface area contributed by atoms with Crippen molar-refractivity contribution in [3.63, 3.8) is 0 Å². The summed E-state index contributed by atoms with van der Waals surface area (Å²) in [6, 6.07) is 0.142. The summed E-state index contributed by atoms with van der Waals surface area (Å²) in [5.41, 5.74) is -1.25. The van der Waals surface area contributed by atoms with E-state index in [2.05, 4.69) is 5.32 Å². The number of hydrogen-bond donors (Lipinski definition) is 2. The summed E-state index contributed by atoms with van der Waals surface area (Å²) in [5.74, 6) is -0.822. The molecule has 82 valence electrons. The normalized spacial score (nSPS) is 30.9. The van der Waals surface area contributed by atoms with Crippen LogP contribution in [0.1, 0.15) is 34.1 Å². The van der Waals surface area contributed by atoms with Crippen molar-refractivity contribution in [1.82, 2.24) is 5.32 Å². The van der Waals surface area contributed by atoms with Gasteiger partial charge in [0, 0.05) is 12.5 Å². The number of carboxylic acid groups (broad SMARTS) is 1. The monoisotopic (exact) mass is 201 g/mol. The third-order valence-corrected chi connectivity index (χ3v) is 2.41. The van der Waals surface area contributed by atoms with Crippen molar-refractivity contribution in [2.24, 2.45) is 0 Å². The second kappa shape index (κ2) is 3.51. The molecule has 1 aliphatic heterocycles. The molecule has 0 aromatic rings. The van der Waals surface area contributed by atoms with Gasteiger partial charge in [-0.1, -0.05) is 0 Å². The Morgan fingerprint density at radius 1 is 1.50 bits per heavy atom. The highest BCUT2D eigenvalue weighted by molar-refractivity contribution is 5.79. The molecule has 1 rings (SSSR count). The molecule has 4 nitrogen and oxygen atoms in total. The minimum Gasteiger partial charge on any atom is -0.480 e. The number of rotatable bonds is 3. The molecule has 1 fully saturated rings. The Kier molecular flexibility index (Phi) is 2.88. The summed E-state index contributed by atoms with van der Waals surface area (Å²) in [6.07, 6.45) is 0.507. The predicted molar refractivity (Wildman–Crippen MR) is 53.3 cm³/mol. The zero-order valence-corrected chi connectivity index (χ0v) is 9.26. The quantitative estimate of drug-likeness (QED) is 0.715. The van der Waals surface area contributed by atoms with Crippen LogP contribution in [0.15, 0.2) is 0 Å². The molecule has 1 heterocycles. The van der Waals surface area contributed by atoms with Crippen LogP contribution in [-0.2, 0) is 9.53 Å². The first kappa shape index (κ1) is 11.5. The van der Waals surface area contributed by atoms with Gasteiger partial charge in [-0.05, 0) is 27.7 Å². The van der Waals surface area contributed by atoms with Gasteiger partial charge in [-0.25, -0.2) is 0 Å². The lowest BCUT2D eigenvalue weighted by molar-refractivity contribution is -0.145. The van der Waals surface area contributed by atoms with Gasteiger partial charge in [-0.2, -0.15) is 0 Å². The summed E-state index contributed by atoms with van der Waals surface area (Å²) < 4.78 is 5.48. The van der Waals surface area contributed by atoms with Crippen molar-refractivity contribution >= 4 is 5.97 Å². The van der Waals surface area contributed by atoms with Crippen LogP contribution in [0.4, 0.5) is 0 Å². The Labute approximate surface area is 84.6 Å². The molecule has 0 saturated carbocycles. The molecular formula is C10H19NO3. The summed E-state index contributed by atoms with van der Waals surface area (Å²) >= 11 is 0. The number of aliphatic carboxylic acids is 1. The van der Waals surface area contributed by atoms with Gasteiger partial charge in [0.15, 0.2) is 0 Å². The van der Waals surface area contributed by atoms with Crippen LogP contribution in [0.3, 0.4) is 0 Å². The van der Waals surface area contributed by atoms with E-state index >= 15 is 0 Å². The molecule has 1 aliphatic rings. The van der Waals surface area contributed by atoms with Gasteiger partial charge in [-0.15, -0.1) is 0 Å². The molecule has 0 spiro atoms. The first-order chi connectivity index (χ1) is 6.27. The second-order valence-corrected chi connectivity index (χ2v) is 4.91. The van der Waals surface area contributed by atoms with Crippen LogP contribution < -0.4 is 5.32 Å². The molecule has 1 atom stereocenters. The van der Waals surface area contributed by atoms with Crippen molar-refractivity contribution in [3.8, 4) is 0 Å². The van der Waals surface area contributed by atoms with Crippen molar-refractivity contribution in [3.05, 3.63) is 0 Å². The number of ether oxygens (including phenoxy) is 1. The SMILES string of the molecule is CC(C)NC1(C(=O)O)COC(C)(C)C1. The van der Waals surface area contributed by atoms with E-state index in [-0.39, 0.29) is 18.2 Å². The van der Waals surface area contributed by atoms with Gasteiger partial charge in [0.2, 0.25) is 0 Å². The molecule has 0 aliphatic carbocycles. The Balaban J connectivity index is 2.81. The third-order valence-electron chi connectivity index (χ3n) is 2.41. The molecule has 0 bridgehead atoms. The zero-order valence-electron chi connectivity index (χ0n) is 9.26. The zero-order chi connectivity index (χ0) is 11.0. The average Bonchev–Trinajstić information content (AvgIpc) is 2.26. The Morgan fingerprint density at radius 3 is 2.36 bits per heavy atom. The highest BCUT2D eigenvalue weighted by Crippen LogP contribution is 2.33. The fourth-order valence-corrected chi connectivity index (χ4v) is 1.99. The van der Waals surface area contributed by atoms with Crippen molar-refractivity contribution in [1.29, 1.82) is 0 Å². The largest absolute Gasteiger partial charge is 0.480 e. The molecule has 14 heavy (non-hydrogen) atoms. The fourth-order valence-electron chi connectivity index (χ4n) is 1.99. The maximum atomic E-state index is 11.2. The molecular weight excluding hydrogens is 182 g/mol. The molecule has 0 aromatic heterocycles. The topological polar surface area (TPSA) is 58.6 Å². The van der Waals surface area contributed by atoms with E-state index in [4.69, 9.17) is 4.74 Å². The fraction of sp³-hybridized carbons (Fsp3) is 0.900. The van der Waals surface area contributed by atoms with Crippen molar-refractivity contribution in [2.45, 2.75) is 51.3 Å². The summed E-state index contributed by atoms with van der Waals surface area (Å²) in [5, 5.41) is 12.3. The average molecular weight is 201 g/mol. The van der Waals surface area contributed by atoms with E-state index in [0.717, 1.165) is 0 Å². The van der Waals surface area contributed by atoms with E-state index in [1.807, 2.05) is 27.7 Å². The van der Waals surface area contributed by atoms with Crippen molar-refractivity contribution < 1.29 is 14.6 Å². The minimum absolute atomic E-state index is 0.142. The molecule has 0 aromatic carbocycles. The summed E-state index contributed by atoms with van der Waals surface area (Å²) in [7, 11) is 0. The van der Waals surface area contributed by atoms with E-state index in [9.17, 15) is 9.90 Å². The summed E-state index contributed by atoms with van der Waals surface area (Å²) in [6.45, 7) is 7.96. The van der Waals surface area contributed by atoms with Crippen LogP contribution in [0.25, 0.3) is 0 Å². The second-order valence-electron chi connectivity index (χ2n) is 4.91. The predicted octanol–water partition coefficient (Wildman–Crippen LogP) is 1.01.